The maximum atomic E-state index is 12.6. The lowest BCUT2D eigenvalue weighted by Crippen LogP contribution is -2.47. The molecule has 1 aliphatic rings. The molecule has 1 atom stereocenters. The molecule has 0 saturated carbocycles. The lowest BCUT2D eigenvalue weighted by Gasteiger charge is -2.36. The average Bonchev–Trinajstić information content (AvgIpc) is 3.13. The van der Waals surface area contributed by atoms with Crippen LogP contribution in [-0.2, 0) is 7.05 Å². The van der Waals surface area contributed by atoms with Crippen LogP contribution in [0.3, 0.4) is 0 Å². The number of piperidine rings is 1. The average molecular weight is 383 g/mol. The third-order valence-corrected chi connectivity index (χ3v) is 5.89. The molecule has 1 N–H and O–H groups in total. The van der Waals surface area contributed by atoms with E-state index in [1.165, 1.54) is 22.1 Å². The molecule has 3 aromatic rings. The number of nitrogens with zero attached hydrogens (tertiary/aromatic N) is 4. The Morgan fingerprint density at radius 3 is 2.93 bits per heavy atom. The van der Waals surface area contributed by atoms with Gasteiger partial charge in [0.25, 0.3) is 11.5 Å². The van der Waals surface area contributed by atoms with E-state index in [1.807, 2.05) is 24.3 Å². The summed E-state index contributed by atoms with van der Waals surface area (Å²) in [6.45, 7) is 1.39. The number of anilines is 1. The number of nitrogens with one attached hydrogen (secondary N) is 1. The topological polar surface area (TPSA) is 80.1 Å². The molecule has 27 heavy (non-hydrogen) atoms. The Labute approximate surface area is 160 Å². The van der Waals surface area contributed by atoms with Crippen LogP contribution in [0.15, 0.2) is 41.2 Å². The fourth-order valence-electron chi connectivity index (χ4n) is 3.41. The van der Waals surface area contributed by atoms with E-state index in [2.05, 4.69) is 20.3 Å². The molecule has 1 unspecified atom stereocenters. The van der Waals surface area contributed by atoms with Crippen molar-refractivity contribution in [3.63, 3.8) is 0 Å². The van der Waals surface area contributed by atoms with Crippen molar-refractivity contribution in [3.8, 4) is 0 Å². The van der Waals surface area contributed by atoms with E-state index in [4.69, 9.17) is 0 Å². The van der Waals surface area contributed by atoms with Crippen LogP contribution in [0.5, 0.6) is 0 Å². The molecule has 0 spiro atoms. The second-order valence-corrected chi connectivity index (χ2v) is 7.72. The number of benzene rings is 1. The molecule has 2 aromatic heterocycles. The number of amides is 1. The van der Waals surface area contributed by atoms with Crippen LogP contribution >= 0.6 is 11.3 Å². The molecule has 7 nitrogen and oxygen atoms in total. The number of para-hydroxylation sites is 1. The van der Waals surface area contributed by atoms with Crippen molar-refractivity contribution in [2.75, 3.05) is 18.0 Å². The maximum absolute atomic E-state index is 12.6. The summed E-state index contributed by atoms with van der Waals surface area (Å²) in [5, 5.41) is 7.88. The van der Waals surface area contributed by atoms with Crippen LogP contribution in [0, 0.1) is 0 Å². The van der Waals surface area contributed by atoms with Gasteiger partial charge in [0.15, 0.2) is 5.01 Å². The first-order valence-electron chi connectivity index (χ1n) is 9.06. The number of hydrogen-bond acceptors (Lipinski definition) is 6. The third kappa shape index (κ3) is 3.71. The molecule has 1 amide bonds. The summed E-state index contributed by atoms with van der Waals surface area (Å²) in [5.41, 5.74) is 0.720. The summed E-state index contributed by atoms with van der Waals surface area (Å²) < 4.78 is 2.36. The van der Waals surface area contributed by atoms with Gasteiger partial charge in [-0.1, -0.05) is 12.1 Å². The number of carbonyl (C=O) groups is 1. The van der Waals surface area contributed by atoms with Gasteiger partial charge in [0, 0.05) is 32.2 Å². The van der Waals surface area contributed by atoms with Crippen molar-refractivity contribution < 1.29 is 4.79 Å². The van der Waals surface area contributed by atoms with E-state index in [0.29, 0.717) is 11.6 Å². The number of carbonyl (C=O) groups excluding carboxylic acids is 1. The number of aromatic nitrogens is 3. The van der Waals surface area contributed by atoms with Gasteiger partial charge in [0.2, 0.25) is 0 Å². The Morgan fingerprint density at radius 2 is 2.11 bits per heavy atom. The number of rotatable bonds is 4. The van der Waals surface area contributed by atoms with Crippen molar-refractivity contribution >= 4 is 33.3 Å². The molecule has 3 heterocycles. The zero-order chi connectivity index (χ0) is 18.8. The zero-order valence-electron chi connectivity index (χ0n) is 15.1. The maximum Gasteiger partial charge on any atom is 0.280 e. The van der Waals surface area contributed by atoms with Crippen LogP contribution in [0.1, 0.15) is 29.1 Å². The first kappa shape index (κ1) is 17.7. The minimum atomic E-state index is -0.143. The fraction of sp³-hybridized carbons (Fsp3) is 0.368. The van der Waals surface area contributed by atoms with Crippen LogP contribution in [0.25, 0.3) is 10.2 Å². The monoisotopic (exact) mass is 383 g/mol. The van der Waals surface area contributed by atoms with E-state index >= 15 is 0 Å². The predicted molar refractivity (Wildman–Crippen MR) is 106 cm³/mol. The summed E-state index contributed by atoms with van der Waals surface area (Å²) in [4.78, 5) is 30.8. The molecular formula is C19H21N5O2S. The molecule has 4 rings (SSSR count). The Bertz CT molecular complexity index is 995. The number of aryl methyl sites for hydroxylation is 1. The molecule has 8 heteroatoms. The highest BCUT2D eigenvalue weighted by Crippen LogP contribution is 2.23. The van der Waals surface area contributed by atoms with Gasteiger partial charge in [-0.15, -0.1) is 11.3 Å². The SMILES string of the molecule is Cn1nc(N2CCCCC2CNC(=O)c2nc3ccccc3s2)ccc1=O. The molecule has 140 valence electrons. The second kappa shape index (κ2) is 7.48. The minimum Gasteiger partial charge on any atom is -0.350 e. The summed E-state index contributed by atoms with van der Waals surface area (Å²) in [5.74, 6) is 0.631. The summed E-state index contributed by atoms with van der Waals surface area (Å²) in [6.07, 6.45) is 3.17. The fourth-order valence-corrected chi connectivity index (χ4v) is 4.30. The number of thiazole rings is 1. The first-order chi connectivity index (χ1) is 13.1. The molecule has 1 aromatic carbocycles. The van der Waals surface area contributed by atoms with E-state index in [9.17, 15) is 9.59 Å². The largest absolute Gasteiger partial charge is 0.350 e. The van der Waals surface area contributed by atoms with Crippen LogP contribution < -0.4 is 15.8 Å². The van der Waals surface area contributed by atoms with Crippen molar-refractivity contribution in [1.29, 1.82) is 0 Å². The molecule has 0 bridgehead atoms. The normalized spacial score (nSPS) is 17.2. The second-order valence-electron chi connectivity index (χ2n) is 6.69. The van der Waals surface area contributed by atoms with Crippen LogP contribution in [0.2, 0.25) is 0 Å². The van der Waals surface area contributed by atoms with Gasteiger partial charge >= 0.3 is 0 Å². The van der Waals surface area contributed by atoms with Gasteiger partial charge in [-0.25, -0.2) is 9.67 Å². The quantitative estimate of drug-likeness (QED) is 0.747. The Morgan fingerprint density at radius 1 is 1.26 bits per heavy atom. The van der Waals surface area contributed by atoms with E-state index in [-0.39, 0.29) is 17.5 Å². The molecule has 0 aliphatic carbocycles. The van der Waals surface area contributed by atoms with E-state index in [0.717, 1.165) is 41.8 Å². The van der Waals surface area contributed by atoms with Crippen molar-refractivity contribution in [2.24, 2.45) is 7.05 Å². The number of fused-ring (bicyclic) bond motifs is 1. The van der Waals surface area contributed by atoms with Gasteiger partial charge in [-0.3, -0.25) is 9.59 Å². The van der Waals surface area contributed by atoms with Crippen molar-refractivity contribution in [3.05, 3.63) is 51.8 Å². The Kier molecular flexibility index (Phi) is 4.89. The van der Waals surface area contributed by atoms with Gasteiger partial charge < -0.3 is 10.2 Å². The smallest absolute Gasteiger partial charge is 0.280 e. The zero-order valence-corrected chi connectivity index (χ0v) is 15.9. The lowest BCUT2D eigenvalue weighted by molar-refractivity contribution is 0.0949. The molecule has 1 saturated heterocycles. The van der Waals surface area contributed by atoms with Gasteiger partial charge in [0.05, 0.1) is 10.2 Å². The molecular weight excluding hydrogens is 362 g/mol. The Hall–Kier alpha value is -2.74. The highest BCUT2D eigenvalue weighted by atomic mass is 32.1. The minimum absolute atomic E-state index is 0.128. The summed E-state index contributed by atoms with van der Waals surface area (Å²) in [6, 6.07) is 11.2. The number of hydrogen-bond donors (Lipinski definition) is 1. The van der Waals surface area contributed by atoms with Gasteiger partial charge in [-0.05, 0) is 37.5 Å². The lowest BCUT2D eigenvalue weighted by atomic mass is 10.0. The predicted octanol–water partition coefficient (Wildman–Crippen LogP) is 2.18. The molecule has 1 fully saturated rings. The van der Waals surface area contributed by atoms with Gasteiger partial charge in [0.1, 0.15) is 5.82 Å². The van der Waals surface area contributed by atoms with Gasteiger partial charge in [-0.2, -0.15) is 5.10 Å². The van der Waals surface area contributed by atoms with Crippen LogP contribution in [-0.4, -0.2) is 39.8 Å². The standard InChI is InChI=1S/C19H21N5O2S/c1-23-17(25)10-9-16(22-23)24-11-5-4-6-13(24)12-20-18(26)19-21-14-7-2-3-8-15(14)27-19/h2-3,7-10,13H,4-6,11-12H2,1H3,(H,20,26). The molecule has 1 aliphatic heterocycles. The summed E-state index contributed by atoms with van der Waals surface area (Å²) >= 11 is 1.41. The Balaban J connectivity index is 1.47. The third-order valence-electron chi connectivity index (χ3n) is 4.85. The van der Waals surface area contributed by atoms with Crippen molar-refractivity contribution in [2.45, 2.75) is 25.3 Å². The summed E-state index contributed by atoms with van der Waals surface area (Å²) in [7, 11) is 1.65. The molecule has 0 radical (unpaired) electrons. The highest BCUT2D eigenvalue weighted by molar-refractivity contribution is 7.20. The van der Waals surface area contributed by atoms with Crippen LogP contribution in [0.4, 0.5) is 5.82 Å². The van der Waals surface area contributed by atoms with E-state index < -0.39 is 0 Å². The van der Waals surface area contributed by atoms with E-state index in [1.54, 1.807) is 13.1 Å². The highest BCUT2D eigenvalue weighted by Gasteiger charge is 2.25. The first-order valence-corrected chi connectivity index (χ1v) is 9.88. The van der Waals surface area contributed by atoms with Crippen molar-refractivity contribution in [1.82, 2.24) is 20.1 Å².